The van der Waals surface area contributed by atoms with Gasteiger partial charge in [-0.2, -0.15) is 0 Å². The standard InChI is InChI=1S/C19H28N6O/c1-2-18(16-6-4-3-5-7-16)21-19(26)24-10-8-15(9-11-24)13-25-14-17(12-20)22-23-25/h3-7,14-15,18H,2,8-13,20H2,1H3,(H,21,26)/t18-/m0/s1. The minimum Gasteiger partial charge on any atom is -0.331 e. The van der Waals surface area contributed by atoms with Gasteiger partial charge in [0.25, 0.3) is 0 Å². The van der Waals surface area contributed by atoms with Crippen LogP contribution in [0.2, 0.25) is 0 Å². The molecule has 1 fully saturated rings. The van der Waals surface area contributed by atoms with Crippen LogP contribution in [0.5, 0.6) is 0 Å². The van der Waals surface area contributed by atoms with Gasteiger partial charge in [-0.1, -0.05) is 42.5 Å². The third kappa shape index (κ3) is 4.60. The van der Waals surface area contributed by atoms with Crippen molar-refractivity contribution in [2.75, 3.05) is 13.1 Å². The van der Waals surface area contributed by atoms with Crippen LogP contribution >= 0.6 is 0 Å². The zero-order valence-electron chi connectivity index (χ0n) is 15.3. The number of carbonyl (C=O) groups excluding carboxylic acids is 1. The molecule has 7 heteroatoms. The van der Waals surface area contributed by atoms with Gasteiger partial charge >= 0.3 is 6.03 Å². The van der Waals surface area contributed by atoms with Crippen LogP contribution in [-0.4, -0.2) is 39.0 Å². The number of amides is 2. The lowest BCUT2D eigenvalue weighted by Crippen LogP contribution is -2.45. The Hall–Kier alpha value is -2.41. The maximum atomic E-state index is 12.6. The molecule has 0 bridgehead atoms. The maximum Gasteiger partial charge on any atom is 0.317 e. The Kier molecular flexibility index (Phi) is 6.22. The first-order valence-electron chi connectivity index (χ1n) is 9.39. The molecule has 1 aliphatic heterocycles. The smallest absolute Gasteiger partial charge is 0.317 e. The number of rotatable bonds is 6. The van der Waals surface area contributed by atoms with E-state index in [9.17, 15) is 4.79 Å². The minimum absolute atomic E-state index is 0.0327. The van der Waals surface area contributed by atoms with E-state index in [4.69, 9.17) is 5.73 Å². The summed E-state index contributed by atoms with van der Waals surface area (Å²) in [6.07, 6.45) is 4.74. The molecule has 3 N–H and O–H groups in total. The molecule has 0 saturated carbocycles. The number of nitrogens with two attached hydrogens (primary N) is 1. The Labute approximate surface area is 154 Å². The number of benzene rings is 1. The predicted molar refractivity (Wildman–Crippen MR) is 100 cm³/mol. The molecular formula is C19H28N6O. The van der Waals surface area contributed by atoms with E-state index in [0.29, 0.717) is 12.5 Å². The van der Waals surface area contributed by atoms with Crippen molar-refractivity contribution in [3.63, 3.8) is 0 Å². The summed E-state index contributed by atoms with van der Waals surface area (Å²) in [4.78, 5) is 14.5. The highest BCUT2D eigenvalue weighted by Gasteiger charge is 2.24. The van der Waals surface area contributed by atoms with E-state index in [1.165, 1.54) is 0 Å². The number of nitrogens with zero attached hydrogens (tertiary/aromatic N) is 4. The third-order valence-electron chi connectivity index (χ3n) is 5.05. The topological polar surface area (TPSA) is 89.1 Å². The van der Waals surface area contributed by atoms with Crippen molar-refractivity contribution in [2.45, 2.75) is 45.3 Å². The second kappa shape index (κ2) is 8.80. The molecule has 1 aromatic heterocycles. The van der Waals surface area contributed by atoms with Crippen LogP contribution in [0.15, 0.2) is 36.5 Å². The predicted octanol–water partition coefficient (Wildman–Crippen LogP) is 2.31. The van der Waals surface area contributed by atoms with Crippen LogP contribution in [0.3, 0.4) is 0 Å². The highest BCUT2D eigenvalue weighted by atomic mass is 16.2. The number of aromatic nitrogens is 3. The third-order valence-corrected chi connectivity index (χ3v) is 5.05. The minimum atomic E-state index is 0.0327. The van der Waals surface area contributed by atoms with Gasteiger partial charge in [0.05, 0.1) is 11.7 Å². The Morgan fingerprint density at radius 3 is 2.65 bits per heavy atom. The highest BCUT2D eigenvalue weighted by Crippen LogP contribution is 2.21. The highest BCUT2D eigenvalue weighted by molar-refractivity contribution is 5.74. The molecule has 0 aliphatic carbocycles. The van der Waals surface area contributed by atoms with Gasteiger partial charge in [0.15, 0.2) is 0 Å². The Balaban J connectivity index is 1.48. The summed E-state index contributed by atoms with van der Waals surface area (Å²) < 4.78 is 1.87. The van der Waals surface area contributed by atoms with Gasteiger partial charge in [0, 0.05) is 32.4 Å². The zero-order chi connectivity index (χ0) is 18.4. The van der Waals surface area contributed by atoms with Crippen LogP contribution in [-0.2, 0) is 13.1 Å². The number of hydrogen-bond donors (Lipinski definition) is 2. The number of nitrogens with one attached hydrogen (secondary N) is 1. The number of urea groups is 1. The molecule has 1 atom stereocenters. The van der Waals surface area contributed by atoms with Gasteiger partial charge in [-0.3, -0.25) is 4.68 Å². The molecule has 3 rings (SSSR count). The summed E-state index contributed by atoms with van der Waals surface area (Å²) in [5.74, 6) is 0.516. The summed E-state index contributed by atoms with van der Waals surface area (Å²) >= 11 is 0. The van der Waals surface area contributed by atoms with Crippen molar-refractivity contribution in [1.82, 2.24) is 25.2 Å². The zero-order valence-corrected chi connectivity index (χ0v) is 15.3. The normalized spacial score (nSPS) is 16.5. The van der Waals surface area contributed by atoms with Crippen molar-refractivity contribution in [1.29, 1.82) is 0 Å². The van der Waals surface area contributed by atoms with Gasteiger partial charge in [-0.05, 0) is 30.7 Å². The van der Waals surface area contributed by atoms with Crippen molar-refractivity contribution < 1.29 is 4.79 Å². The van der Waals surface area contributed by atoms with Crippen molar-refractivity contribution in [3.05, 3.63) is 47.8 Å². The van der Waals surface area contributed by atoms with Crippen LogP contribution in [0, 0.1) is 5.92 Å². The Bertz CT molecular complexity index is 693. The van der Waals surface area contributed by atoms with Crippen molar-refractivity contribution in [2.24, 2.45) is 11.7 Å². The average Bonchev–Trinajstić information content (AvgIpc) is 3.14. The lowest BCUT2D eigenvalue weighted by Gasteiger charge is -2.33. The Morgan fingerprint density at radius 1 is 1.31 bits per heavy atom. The summed E-state index contributed by atoms with van der Waals surface area (Å²) in [7, 11) is 0. The monoisotopic (exact) mass is 356 g/mol. The quantitative estimate of drug-likeness (QED) is 0.831. The SMILES string of the molecule is CC[C@H](NC(=O)N1CCC(Cn2cc(CN)nn2)CC1)c1ccccc1. The van der Waals surface area contributed by atoms with Gasteiger partial charge in [-0.15, -0.1) is 5.10 Å². The van der Waals surface area contributed by atoms with Crippen LogP contribution in [0.25, 0.3) is 0 Å². The molecule has 1 aliphatic rings. The van der Waals surface area contributed by atoms with E-state index in [1.807, 2.05) is 34.0 Å². The van der Waals surface area contributed by atoms with E-state index in [1.54, 1.807) is 0 Å². The molecule has 1 aromatic carbocycles. The summed E-state index contributed by atoms with van der Waals surface area (Å²) in [6.45, 7) is 4.90. The molecule has 0 spiro atoms. The first-order chi connectivity index (χ1) is 12.7. The second-order valence-electron chi connectivity index (χ2n) is 6.89. The summed E-state index contributed by atoms with van der Waals surface area (Å²) in [6, 6.07) is 10.2. The first kappa shape index (κ1) is 18.4. The molecule has 2 heterocycles. The molecular weight excluding hydrogens is 328 g/mol. The van der Waals surface area contributed by atoms with Gasteiger partial charge in [-0.25, -0.2) is 4.79 Å². The van der Waals surface area contributed by atoms with Crippen molar-refractivity contribution in [3.8, 4) is 0 Å². The fourth-order valence-corrected chi connectivity index (χ4v) is 3.45. The molecule has 2 amide bonds. The molecule has 0 unspecified atom stereocenters. The van der Waals surface area contributed by atoms with Crippen molar-refractivity contribution >= 4 is 6.03 Å². The summed E-state index contributed by atoms with van der Waals surface area (Å²) in [5.41, 5.74) is 7.54. The fourth-order valence-electron chi connectivity index (χ4n) is 3.45. The number of hydrogen-bond acceptors (Lipinski definition) is 4. The molecule has 2 aromatic rings. The molecule has 1 saturated heterocycles. The van der Waals surface area contributed by atoms with Gasteiger partial charge in [0.1, 0.15) is 0 Å². The molecule has 140 valence electrons. The van der Waals surface area contributed by atoms with Crippen LogP contribution in [0.1, 0.15) is 43.5 Å². The number of likely N-dealkylation sites (tertiary alicyclic amines) is 1. The maximum absolute atomic E-state index is 12.6. The van der Waals surface area contributed by atoms with E-state index in [0.717, 1.165) is 50.2 Å². The molecule has 7 nitrogen and oxygen atoms in total. The fraction of sp³-hybridized carbons (Fsp3) is 0.526. The molecule has 0 radical (unpaired) electrons. The van der Waals surface area contributed by atoms with E-state index in [-0.39, 0.29) is 12.1 Å². The second-order valence-corrected chi connectivity index (χ2v) is 6.89. The summed E-state index contributed by atoms with van der Waals surface area (Å²) in [5, 5.41) is 11.3. The van der Waals surface area contributed by atoms with E-state index < -0.39 is 0 Å². The van der Waals surface area contributed by atoms with Gasteiger partial charge < -0.3 is 16.0 Å². The van der Waals surface area contributed by atoms with Crippen LogP contribution in [0.4, 0.5) is 4.79 Å². The largest absolute Gasteiger partial charge is 0.331 e. The van der Waals surface area contributed by atoms with Gasteiger partial charge in [0.2, 0.25) is 0 Å². The van der Waals surface area contributed by atoms with E-state index >= 15 is 0 Å². The Morgan fingerprint density at radius 2 is 2.04 bits per heavy atom. The number of carbonyl (C=O) groups is 1. The number of piperidine rings is 1. The lowest BCUT2D eigenvalue weighted by atomic mass is 9.97. The van der Waals surface area contributed by atoms with E-state index in [2.05, 4.69) is 34.7 Å². The van der Waals surface area contributed by atoms with Crippen LogP contribution < -0.4 is 11.1 Å². The lowest BCUT2D eigenvalue weighted by molar-refractivity contribution is 0.160. The average molecular weight is 356 g/mol. The molecule has 26 heavy (non-hydrogen) atoms. The first-order valence-corrected chi connectivity index (χ1v) is 9.39.